The van der Waals surface area contributed by atoms with Gasteiger partial charge in [0.05, 0.1) is 35.5 Å². The zero-order chi connectivity index (χ0) is 18.1. The van der Waals surface area contributed by atoms with Crippen molar-refractivity contribution >= 4 is 17.2 Å². The number of hydrogen-bond donors (Lipinski definition) is 1. The Morgan fingerprint density at radius 3 is 3.04 bits per heavy atom. The Bertz CT molecular complexity index is 895. The summed E-state index contributed by atoms with van der Waals surface area (Å²) in [5.41, 5.74) is 1.63. The highest BCUT2D eigenvalue weighted by Gasteiger charge is 2.23. The predicted octanol–water partition coefficient (Wildman–Crippen LogP) is 3.23. The molecule has 3 aromatic rings. The van der Waals surface area contributed by atoms with Crippen molar-refractivity contribution in [2.75, 3.05) is 6.54 Å². The Kier molecular flexibility index (Phi) is 4.65. The molecule has 0 spiro atoms. The van der Waals surface area contributed by atoms with E-state index in [0.717, 1.165) is 22.1 Å². The molecule has 136 valence electrons. The monoisotopic (exact) mass is 371 g/mol. The van der Waals surface area contributed by atoms with Crippen molar-refractivity contribution in [1.29, 1.82) is 0 Å². The number of carbonyl (C=O) groups excluding carboxylic acids is 1. The summed E-state index contributed by atoms with van der Waals surface area (Å²) in [4.78, 5) is 15.5. The van der Waals surface area contributed by atoms with Gasteiger partial charge in [0, 0.05) is 19.4 Å². The van der Waals surface area contributed by atoms with Crippen LogP contribution in [0.25, 0.3) is 10.6 Å². The Hall–Kier alpha value is -2.38. The van der Waals surface area contributed by atoms with Gasteiger partial charge in [0.2, 0.25) is 5.91 Å². The largest absolute Gasteiger partial charge is 0.460 e. The Morgan fingerprint density at radius 1 is 1.38 bits per heavy atom. The fraction of sp³-hybridized carbons (Fsp3) is 0.368. The molecule has 1 aliphatic heterocycles. The Labute approximate surface area is 155 Å². The van der Waals surface area contributed by atoms with E-state index < -0.39 is 6.10 Å². The molecular weight excluding hydrogens is 350 g/mol. The van der Waals surface area contributed by atoms with Gasteiger partial charge in [0.1, 0.15) is 11.5 Å². The average Bonchev–Trinajstić information content (AvgIpc) is 3.38. The summed E-state index contributed by atoms with van der Waals surface area (Å²) in [6.45, 7) is 3.55. The van der Waals surface area contributed by atoms with Gasteiger partial charge in [0.15, 0.2) is 0 Å². The first-order valence-corrected chi connectivity index (χ1v) is 9.63. The van der Waals surface area contributed by atoms with Crippen molar-refractivity contribution in [3.63, 3.8) is 0 Å². The molecule has 0 fully saturated rings. The van der Waals surface area contributed by atoms with Gasteiger partial charge in [-0.05, 0) is 36.6 Å². The molecule has 4 rings (SSSR count). The normalized spacial score (nSPS) is 15.1. The number of amides is 1. The van der Waals surface area contributed by atoms with Crippen LogP contribution in [0.1, 0.15) is 36.6 Å². The molecule has 3 aromatic heterocycles. The van der Waals surface area contributed by atoms with E-state index in [-0.39, 0.29) is 5.91 Å². The third kappa shape index (κ3) is 3.45. The second kappa shape index (κ2) is 7.09. The van der Waals surface area contributed by atoms with E-state index >= 15 is 0 Å². The fourth-order valence-electron chi connectivity index (χ4n) is 3.16. The molecule has 0 unspecified atom stereocenters. The first-order valence-electron chi connectivity index (χ1n) is 8.75. The molecule has 1 amide bonds. The summed E-state index contributed by atoms with van der Waals surface area (Å²) < 4.78 is 7.73. The third-order valence-corrected chi connectivity index (χ3v) is 5.49. The van der Waals surface area contributed by atoms with Crippen molar-refractivity contribution in [3.05, 3.63) is 52.9 Å². The average molecular weight is 371 g/mol. The molecule has 26 heavy (non-hydrogen) atoms. The lowest BCUT2D eigenvalue weighted by atomic mass is 10.2. The van der Waals surface area contributed by atoms with Gasteiger partial charge in [-0.1, -0.05) is 6.07 Å². The predicted molar refractivity (Wildman–Crippen MR) is 98.6 cm³/mol. The zero-order valence-corrected chi connectivity index (χ0v) is 15.4. The number of nitrogens with zero attached hydrogens (tertiary/aromatic N) is 3. The molecule has 7 heteroatoms. The van der Waals surface area contributed by atoms with E-state index in [4.69, 9.17) is 4.42 Å². The molecule has 0 saturated carbocycles. The van der Waals surface area contributed by atoms with Crippen LogP contribution in [0.3, 0.4) is 0 Å². The molecular formula is C19H21N3O3S. The molecule has 0 aliphatic carbocycles. The minimum atomic E-state index is -0.589. The van der Waals surface area contributed by atoms with Gasteiger partial charge in [-0.15, -0.1) is 11.3 Å². The highest BCUT2D eigenvalue weighted by Crippen LogP contribution is 2.27. The molecule has 1 atom stereocenters. The number of hydrogen-bond acceptors (Lipinski definition) is 5. The first kappa shape index (κ1) is 17.1. The molecule has 0 radical (unpaired) electrons. The van der Waals surface area contributed by atoms with Gasteiger partial charge in [-0.3, -0.25) is 9.48 Å². The summed E-state index contributed by atoms with van der Waals surface area (Å²) in [6, 6.07) is 9.81. The maximum absolute atomic E-state index is 12.6. The van der Waals surface area contributed by atoms with Crippen molar-refractivity contribution in [2.24, 2.45) is 0 Å². The van der Waals surface area contributed by atoms with Crippen molar-refractivity contribution in [2.45, 2.75) is 39.0 Å². The van der Waals surface area contributed by atoms with Crippen LogP contribution >= 0.6 is 11.3 Å². The van der Waals surface area contributed by atoms with E-state index in [1.807, 2.05) is 45.3 Å². The highest BCUT2D eigenvalue weighted by atomic mass is 32.1. The van der Waals surface area contributed by atoms with Crippen LogP contribution in [0.5, 0.6) is 0 Å². The number of aliphatic hydroxyl groups excluding tert-OH is 1. The second-order valence-corrected chi connectivity index (χ2v) is 7.47. The molecule has 0 bridgehead atoms. The van der Waals surface area contributed by atoms with Crippen LogP contribution in [-0.4, -0.2) is 32.2 Å². The number of thiophene rings is 1. The SMILES string of the molecule is C[C@@H](O)c1cc2n(n1)CCN(C(=O)CCc1ccc(-c3cccs3)o1)C2. The lowest BCUT2D eigenvalue weighted by Crippen LogP contribution is -2.38. The highest BCUT2D eigenvalue weighted by molar-refractivity contribution is 7.13. The van der Waals surface area contributed by atoms with E-state index in [1.165, 1.54) is 0 Å². The number of fused-ring (bicyclic) bond motifs is 1. The summed E-state index contributed by atoms with van der Waals surface area (Å²) in [7, 11) is 0. The molecule has 1 N–H and O–H groups in total. The van der Waals surface area contributed by atoms with Gasteiger partial charge in [-0.25, -0.2) is 0 Å². The summed E-state index contributed by atoms with van der Waals surface area (Å²) in [6.07, 6.45) is 0.432. The van der Waals surface area contributed by atoms with Crippen LogP contribution in [0.2, 0.25) is 0 Å². The number of aryl methyl sites for hydroxylation is 1. The lowest BCUT2D eigenvalue weighted by Gasteiger charge is -2.27. The zero-order valence-electron chi connectivity index (χ0n) is 14.6. The van der Waals surface area contributed by atoms with E-state index in [2.05, 4.69) is 5.10 Å². The van der Waals surface area contributed by atoms with Gasteiger partial charge in [0.25, 0.3) is 0 Å². The van der Waals surface area contributed by atoms with Gasteiger partial charge >= 0.3 is 0 Å². The van der Waals surface area contributed by atoms with Crippen LogP contribution in [-0.2, 0) is 24.3 Å². The number of furan rings is 1. The van der Waals surface area contributed by atoms with Gasteiger partial charge in [-0.2, -0.15) is 5.10 Å². The van der Waals surface area contributed by atoms with Crippen LogP contribution in [0.15, 0.2) is 40.1 Å². The van der Waals surface area contributed by atoms with Crippen LogP contribution in [0, 0.1) is 0 Å². The minimum absolute atomic E-state index is 0.116. The molecule has 4 heterocycles. The summed E-state index contributed by atoms with van der Waals surface area (Å²) >= 11 is 1.64. The third-order valence-electron chi connectivity index (χ3n) is 4.61. The second-order valence-electron chi connectivity index (χ2n) is 6.52. The van der Waals surface area contributed by atoms with E-state index in [0.29, 0.717) is 38.2 Å². The maximum Gasteiger partial charge on any atom is 0.223 e. The number of aliphatic hydroxyl groups is 1. The fourth-order valence-corrected chi connectivity index (χ4v) is 3.84. The number of carbonyl (C=O) groups is 1. The number of rotatable bonds is 5. The van der Waals surface area contributed by atoms with Crippen molar-refractivity contribution in [3.8, 4) is 10.6 Å². The lowest BCUT2D eigenvalue weighted by molar-refractivity contribution is -0.132. The van der Waals surface area contributed by atoms with Crippen molar-refractivity contribution < 1.29 is 14.3 Å². The maximum atomic E-state index is 12.6. The van der Waals surface area contributed by atoms with Gasteiger partial charge < -0.3 is 14.4 Å². The minimum Gasteiger partial charge on any atom is -0.460 e. The number of aromatic nitrogens is 2. The molecule has 0 aromatic carbocycles. The quantitative estimate of drug-likeness (QED) is 0.747. The van der Waals surface area contributed by atoms with Crippen LogP contribution in [0.4, 0.5) is 0 Å². The van der Waals surface area contributed by atoms with E-state index in [9.17, 15) is 9.90 Å². The van der Waals surface area contributed by atoms with Crippen molar-refractivity contribution in [1.82, 2.24) is 14.7 Å². The van der Waals surface area contributed by atoms with E-state index in [1.54, 1.807) is 18.3 Å². The summed E-state index contributed by atoms with van der Waals surface area (Å²) in [5.74, 6) is 1.81. The summed E-state index contributed by atoms with van der Waals surface area (Å²) in [5, 5.41) is 16.1. The first-order chi connectivity index (χ1) is 12.6. The molecule has 1 aliphatic rings. The smallest absolute Gasteiger partial charge is 0.223 e. The van der Waals surface area contributed by atoms with Crippen LogP contribution < -0.4 is 0 Å². The molecule has 6 nitrogen and oxygen atoms in total. The Balaban J connectivity index is 1.35. The Morgan fingerprint density at radius 2 is 2.27 bits per heavy atom. The standard InChI is InChI=1S/C19H21N3O3S/c1-13(23)16-11-14-12-21(8-9-22(14)20-16)19(24)7-5-15-4-6-17(25-15)18-3-2-10-26-18/h2-4,6,10-11,13,23H,5,7-9,12H2,1H3/t13-/m1/s1. The molecule has 0 saturated heterocycles. The topological polar surface area (TPSA) is 71.5 Å².